The molecule has 3 heterocycles. The molecule has 1 aliphatic rings. The first kappa shape index (κ1) is 19.1. The quantitative estimate of drug-likeness (QED) is 0.622. The fraction of sp³-hybridized carbons (Fsp3) is 0.190. The van der Waals surface area contributed by atoms with E-state index in [1.54, 1.807) is 53.5 Å². The van der Waals surface area contributed by atoms with E-state index in [2.05, 4.69) is 10.1 Å². The summed E-state index contributed by atoms with van der Waals surface area (Å²) >= 11 is 0. The molecule has 0 N–H and O–H groups in total. The van der Waals surface area contributed by atoms with E-state index in [0.717, 1.165) is 17.0 Å². The van der Waals surface area contributed by atoms with Crippen LogP contribution in [0.2, 0.25) is 0 Å². The molecular formula is C21H20N4O3S. The molecule has 0 saturated heterocycles. The summed E-state index contributed by atoms with van der Waals surface area (Å²) in [4.78, 5) is 17.4. The highest BCUT2D eigenvalue weighted by molar-refractivity contribution is 7.89. The second-order valence-corrected chi connectivity index (χ2v) is 8.77. The first-order chi connectivity index (χ1) is 13.8. The Kier molecular flexibility index (Phi) is 4.58. The Morgan fingerprint density at radius 1 is 1.10 bits per heavy atom. The van der Waals surface area contributed by atoms with Crippen molar-refractivity contribution >= 4 is 21.9 Å². The predicted molar refractivity (Wildman–Crippen MR) is 108 cm³/mol. The van der Waals surface area contributed by atoms with Crippen LogP contribution < -0.4 is 0 Å². The Labute approximate surface area is 169 Å². The zero-order valence-corrected chi connectivity index (χ0v) is 17.1. The molecule has 1 aliphatic heterocycles. The number of rotatable bonds is 3. The smallest absolute Gasteiger partial charge is 0.265 e. The van der Waals surface area contributed by atoms with Gasteiger partial charge in [0.25, 0.3) is 10.0 Å². The lowest BCUT2D eigenvalue weighted by Crippen LogP contribution is -2.38. The van der Waals surface area contributed by atoms with E-state index in [1.165, 1.54) is 10.4 Å². The minimum atomic E-state index is -3.91. The minimum absolute atomic E-state index is 0.0143. The molecular weight excluding hydrogens is 388 g/mol. The lowest BCUT2D eigenvalue weighted by Gasteiger charge is -2.31. The number of sulfonamides is 1. The number of fused-ring (bicyclic) bond motifs is 1. The maximum atomic E-state index is 13.4. The highest BCUT2D eigenvalue weighted by Gasteiger charge is 2.39. The second-order valence-electron chi connectivity index (χ2n) is 6.94. The number of allylic oxidation sites excluding steroid dienone is 1. The van der Waals surface area contributed by atoms with Crippen molar-refractivity contribution in [3.8, 4) is 0 Å². The summed E-state index contributed by atoms with van der Waals surface area (Å²) in [5.74, 6) is -0.332. The summed E-state index contributed by atoms with van der Waals surface area (Å²) in [6.07, 6.45) is 4.84. The van der Waals surface area contributed by atoms with Crippen molar-refractivity contribution in [3.63, 3.8) is 0 Å². The van der Waals surface area contributed by atoms with Gasteiger partial charge in [-0.3, -0.25) is 18.8 Å². The molecule has 0 radical (unpaired) electrons. The zero-order valence-electron chi connectivity index (χ0n) is 16.3. The minimum Gasteiger partial charge on any atom is -0.287 e. The van der Waals surface area contributed by atoms with Crippen LogP contribution in [0.15, 0.2) is 59.4 Å². The molecule has 0 aliphatic carbocycles. The van der Waals surface area contributed by atoms with E-state index in [1.807, 2.05) is 20.9 Å². The van der Waals surface area contributed by atoms with Crippen molar-refractivity contribution < 1.29 is 13.2 Å². The van der Waals surface area contributed by atoms with E-state index in [9.17, 15) is 13.2 Å². The van der Waals surface area contributed by atoms with Gasteiger partial charge in [0, 0.05) is 36.3 Å². The number of pyridine rings is 1. The molecule has 0 amide bonds. The summed E-state index contributed by atoms with van der Waals surface area (Å²) in [5, 5.41) is 4.37. The molecule has 0 saturated carbocycles. The fourth-order valence-corrected chi connectivity index (χ4v) is 5.12. The van der Waals surface area contributed by atoms with Crippen LogP contribution in [-0.2, 0) is 23.6 Å². The monoisotopic (exact) mass is 408 g/mol. The summed E-state index contributed by atoms with van der Waals surface area (Å²) in [7, 11) is -2.10. The van der Waals surface area contributed by atoms with Gasteiger partial charge >= 0.3 is 0 Å². The number of Topliss-reactive ketones (excluding diaryl/α,β-unsaturated/α-hetero) is 1. The van der Waals surface area contributed by atoms with Crippen molar-refractivity contribution in [2.45, 2.75) is 25.3 Å². The van der Waals surface area contributed by atoms with Crippen LogP contribution in [-0.4, -0.2) is 33.3 Å². The third-order valence-electron chi connectivity index (χ3n) is 5.10. The van der Waals surface area contributed by atoms with Crippen molar-refractivity contribution in [2.75, 3.05) is 0 Å². The van der Waals surface area contributed by atoms with E-state index in [4.69, 9.17) is 0 Å². The normalized spacial score (nSPS) is 16.9. The van der Waals surface area contributed by atoms with Gasteiger partial charge in [0.05, 0.1) is 17.1 Å². The van der Waals surface area contributed by atoms with Gasteiger partial charge in [-0.15, -0.1) is 0 Å². The number of aromatic nitrogens is 3. The van der Waals surface area contributed by atoms with Gasteiger partial charge in [-0.2, -0.15) is 5.10 Å². The number of aryl methyl sites for hydroxylation is 2. The molecule has 0 atom stereocenters. The summed E-state index contributed by atoms with van der Waals surface area (Å²) in [5.41, 5.74) is 3.28. The second kappa shape index (κ2) is 6.97. The van der Waals surface area contributed by atoms with Crippen molar-refractivity contribution in [1.82, 2.24) is 19.1 Å². The van der Waals surface area contributed by atoms with E-state index in [0.29, 0.717) is 5.56 Å². The molecule has 1 aromatic carbocycles. The van der Waals surface area contributed by atoms with Crippen molar-refractivity contribution in [1.29, 1.82) is 0 Å². The third kappa shape index (κ3) is 3.15. The Morgan fingerprint density at radius 2 is 1.86 bits per heavy atom. The highest BCUT2D eigenvalue weighted by Crippen LogP contribution is 2.35. The van der Waals surface area contributed by atoms with Gasteiger partial charge in [-0.1, -0.05) is 18.2 Å². The maximum absolute atomic E-state index is 13.4. The van der Waals surface area contributed by atoms with Gasteiger partial charge in [0.1, 0.15) is 5.70 Å². The molecule has 2 aromatic heterocycles. The van der Waals surface area contributed by atoms with Crippen molar-refractivity contribution in [3.05, 3.63) is 82.6 Å². The maximum Gasteiger partial charge on any atom is 0.265 e. The van der Waals surface area contributed by atoms with E-state index < -0.39 is 10.0 Å². The molecule has 148 valence electrons. The number of carbonyl (C=O) groups excluding carboxylic acids is 1. The fourth-order valence-electron chi connectivity index (χ4n) is 3.48. The average molecular weight is 408 g/mol. The molecule has 7 nitrogen and oxygen atoms in total. The molecule has 0 unspecified atom stereocenters. The Morgan fingerprint density at radius 3 is 2.52 bits per heavy atom. The van der Waals surface area contributed by atoms with E-state index in [-0.39, 0.29) is 28.5 Å². The average Bonchev–Trinajstić information content (AvgIpc) is 2.95. The number of benzene rings is 1. The number of hydrogen-bond donors (Lipinski definition) is 0. The molecule has 8 heteroatoms. The molecule has 0 fully saturated rings. The van der Waals surface area contributed by atoms with Gasteiger partial charge < -0.3 is 0 Å². The van der Waals surface area contributed by atoms with Crippen LogP contribution >= 0.6 is 0 Å². The van der Waals surface area contributed by atoms with E-state index >= 15 is 0 Å². The first-order valence-corrected chi connectivity index (χ1v) is 10.5. The summed E-state index contributed by atoms with van der Waals surface area (Å²) < 4.78 is 29.7. The molecule has 3 aromatic rings. The zero-order chi connectivity index (χ0) is 20.8. The SMILES string of the molecule is Cc1nn(C)c(C)c1/C=C1/C(=O)c2ccccc2S(=O)(=O)N1Cc1cccnc1. The van der Waals surface area contributed by atoms with Crippen LogP contribution in [0.25, 0.3) is 6.08 Å². The Bertz CT molecular complexity index is 1240. The number of hydrogen-bond acceptors (Lipinski definition) is 5. The van der Waals surface area contributed by atoms with Gasteiger partial charge in [-0.05, 0) is 43.7 Å². The topological polar surface area (TPSA) is 85.2 Å². The number of nitrogens with zero attached hydrogens (tertiary/aromatic N) is 4. The van der Waals surface area contributed by atoms with Crippen LogP contribution in [0.4, 0.5) is 0 Å². The Hall–Kier alpha value is -3.26. The van der Waals surface area contributed by atoms with Crippen molar-refractivity contribution in [2.24, 2.45) is 7.05 Å². The predicted octanol–water partition coefficient (Wildman–Crippen LogP) is 2.86. The standard InChI is InChI=1S/C21H20N4O3S/c1-14-18(15(2)24(3)23-14)11-19-21(26)17-8-4-5-9-20(17)29(27,28)25(19)13-16-7-6-10-22-12-16/h4-12H,13H2,1-3H3/b19-11-. The largest absolute Gasteiger partial charge is 0.287 e. The van der Waals surface area contributed by atoms with Crippen LogP contribution in [0.1, 0.15) is 32.9 Å². The van der Waals surface area contributed by atoms with Crippen LogP contribution in [0, 0.1) is 13.8 Å². The van der Waals surface area contributed by atoms with Crippen LogP contribution in [0.3, 0.4) is 0 Å². The summed E-state index contributed by atoms with van der Waals surface area (Å²) in [6, 6.07) is 9.83. The number of ketones is 1. The van der Waals surface area contributed by atoms with Gasteiger partial charge in [-0.25, -0.2) is 8.42 Å². The molecule has 4 rings (SSSR count). The first-order valence-electron chi connectivity index (χ1n) is 9.08. The lowest BCUT2D eigenvalue weighted by atomic mass is 10.0. The third-order valence-corrected chi connectivity index (χ3v) is 6.91. The van der Waals surface area contributed by atoms with Gasteiger partial charge in [0.15, 0.2) is 0 Å². The molecule has 29 heavy (non-hydrogen) atoms. The van der Waals surface area contributed by atoms with Gasteiger partial charge in [0.2, 0.25) is 5.78 Å². The van der Waals surface area contributed by atoms with Crippen LogP contribution in [0.5, 0.6) is 0 Å². The molecule has 0 bridgehead atoms. The number of carbonyl (C=O) groups is 1. The summed E-state index contributed by atoms with van der Waals surface area (Å²) in [6.45, 7) is 3.73. The molecule has 0 spiro atoms. The Balaban J connectivity index is 1.95. The highest BCUT2D eigenvalue weighted by atomic mass is 32.2. The lowest BCUT2D eigenvalue weighted by molar-refractivity contribution is 0.100.